The van der Waals surface area contributed by atoms with Crippen molar-refractivity contribution in [2.75, 3.05) is 19.7 Å². The summed E-state index contributed by atoms with van der Waals surface area (Å²) in [5.74, 6) is 0.244. The SMILES string of the molecule is CC1CN(C(=O)CCCc2cccnc2)CCO1. The van der Waals surface area contributed by atoms with E-state index in [1.54, 1.807) is 6.20 Å². The molecule has 0 spiro atoms. The van der Waals surface area contributed by atoms with E-state index in [0.29, 0.717) is 13.0 Å². The van der Waals surface area contributed by atoms with Gasteiger partial charge in [-0.15, -0.1) is 0 Å². The number of aromatic nitrogens is 1. The zero-order valence-corrected chi connectivity index (χ0v) is 10.8. The highest BCUT2D eigenvalue weighted by Gasteiger charge is 2.20. The summed E-state index contributed by atoms with van der Waals surface area (Å²) >= 11 is 0. The van der Waals surface area contributed by atoms with Crippen LogP contribution in [0, 0.1) is 0 Å². The maximum Gasteiger partial charge on any atom is 0.222 e. The molecule has 1 unspecified atom stereocenters. The molecule has 0 aliphatic carbocycles. The van der Waals surface area contributed by atoms with Crippen LogP contribution in [0.25, 0.3) is 0 Å². The van der Waals surface area contributed by atoms with Crippen LogP contribution in [0.5, 0.6) is 0 Å². The predicted octanol–water partition coefficient (Wildman–Crippen LogP) is 1.65. The topological polar surface area (TPSA) is 42.4 Å². The number of hydrogen-bond donors (Lipinski definition) is 0. The molecule has 1 amide bonds. The molecule has 0 bridgehead atoms. The van der Waals surface area contributed by atoms with Crippen molar-refractivity contribution in [1.82, 2.24) is 9.88 Å². The molecule has 0 aromatic carbocycles. The lowest BCUT2D eigenvalue weighted by Gasteiger charge is -2.31. The highest BCUT2D eigenvalue weighted by Crippen LogP contribution is 2.09. The van der Waals surface area contributed by atoms with Crippen molar-refractivity contribution in [1.29, 1.82) is 0 Å². The second-order valence-corrected chi connectivity index (χ2v) is 4.74. The molecule has 1 saturated heterocycles. The quantitative estimate of drug-likeness (QED) is 0.813. The number of morpholine rings is 1. The third-order valence-electron chi connectivity index (χ3n) is 3.17. The fourth-order valence-electron chi connectivity index (χ4n) is 2.19. The molecule has 98 valence electrons. The zero-order chi connectivity index (χ0) is 12.8. The minimum absolute atomic E-state index is 0.168. The monoisotopic (exact) mass is 248 g/mol. The van der Waals surface area contributed by atoms with Gasteiger partial charge in [-0.2, -0.15) is 0 Å². The Morgan fingerprint density at radius 2 is 2.50 bits per heavy atom. The summed E-state index contributed by atoms with van der Waals surface area (Å²) in [6, 6.07) is 3.98. The Bertz CT molecular complexity index is 381. The van der Waals surface area contributed by atoms with Crippen molar-refractivity contribution < 1.29 is 9.53 Å². The number of nitrogens with zero attached hydrogens (tertiary/aromatic N) is 2. The van der Waals surface area contributed by atoms with Crippen LogP contribution in [0.1, 0.15) is 25.3 Å². The molecule has 4 heteroatoms. The third-order valence-corrected chi connectivity index (χ3v) is 3.17. The predicted molar refractivity (Wildman–Crippen MR) is 69.2 cm³/mol. The second-order valence-electron chi connectivity index (χ2n) is 4.74. The van der Waals surface area contributed by atoms with Gasteiger partial charge in [0.1, 0.15) is 0 Å². The van der Waals surface area contributed by atoms with Crippen molar-refractivity contribution in [3.63, 3.8) is 0 Å². The van der Waals surface area contributed by atoms with E-state index >= 15 is 0 Å². The molecule has 1 aliphatic heterocycles. The van der Waals surface area contributed by atoms with Crippen LogP contribution in [-0.2, 0) is 16.0 Å². The fourth-order valence-corrected chi connectivity index (χ4v) is 2.19. The first-order valence-electron chi connectivity index (χ1n) is 6.54. The molecule has 2 heterocycles. The van der Waals surface area contributed by atoms with Crippen LogP contribution >= 0.6 is 0 Å². The number of hydrogen-bond acceptors (Lipinski definition) is 3. The number of rotatable bonds is 4. The van der Waals surface area contributed by atoms with Gasteiger partial charge in [0.2, 0.25) is 5.91 Å². The lowest BCUT2D eigenvalue weighted by molar-refractivity contribution is -0.138. The second kappa shape index (κ2) is 6.50. The number of aryl methyl sites for hydroxylation is 1. The number of carbonyl (C=O) groups excluding carboxylic acids is 1. The van der Waals surface area contributed by atoms with E-state index in [1.165, 1.54) is 5.56 Å². The van der Waals surface area contributed by atoms with Crippen molar-refractivity contribution in [3.05, 3.63) is 30.1 Å². The molecule has 1 aromatic rings. The molecule has 2 rings (SSSR count). The lowest BCUT2D eigenvalue weighted by Crippen LogP contribution is -2.44. The lowest BCUT2D eigenvalue weighted by atomic mass is 10.1. The smallest absolute Gasteiger partial charge is 0.222 e. The Kier molecular flexibility index (Phi) is 4.70. The molecule has 1 aromatic heterocycles. The summed E-state index contributed by atoms with van der Waals surface area (Å²) in [6.07, 6.45) is 6.21. The average Bonchev–Trinajstić information content (AvgIpc) is 2.40. The van der Waals surface area contributed by atoms with Gasteiger partial charge >= 0.3 is 0 Å². The molecule has 1 fully saturated rings. The summed E-state index contributed by atoms with van der Waals surface area (Å²) in [5.41, 5.74) is 1.20. The molecular weight excluding hydrogens is 228 g/mol. The molecular formula is C14H20N2O2. The first-order valence-corrected chi connectivity index (χ1v) is 6.54. The summed E-state index contributed by atoms with van der Waals surface area (Å²) in [7, 11) is 0. The maximum absolute atomic E-state index is 12.0. The normalized spacial score (nSPS) is 19.8. The van der Waals surface area contributed by atoms with Crippen LogP contribution < -0.4 is 0 Å². The Morgan fingerprint density at radius 1 is 1.61 bits per heavy atom. The molecule has 4 nitrogen and oxygen atoms in total. The Balaban J connectivity index is 1.71. The van der Waals surface area contributed by atoms with Crippen LogP contribution in [0.4, 0.5) is 0 Å². The van der Waals surface area contributed by atoms with Gasteiger partial charge < -0.3 is 9.64 Å². The average molecular weight is 248 g/mol. The Morgan fingerprint density at radius 3 is 3.22 bits per heavy atom. The van der Waals surface area contributed by atoms with Gasteiger partial charge in [0.05, 0.1) is 12.7 Å². The standard InChI is InChI=1S/C14H20N2O2/c1-12-11-16(8-9-18-12)14(17)6-2-4-13-5-3-7-15-10-13/h3,5,7,10,12H,2,4,6,8-9,11H2,1H3. The van der Waals surface area contributed by atoms with Gasteiger partial charge in [-0.25, -0.2) is 0 Å². The molecule has 0 saturated carbocycles. The van der Waals surface area contributed by atoms with E-state index < -0.39 is 0 Å². The largest absolute Gasteiger partial charge is 0.375 e. The Labute approximate surface area is 108 Å². The van der Waals surface area contributed by atoms with Crippen LogP contribution in [-0.4, -0.2) is 41.6 Å². The van der Waals surface area contributed by atoms with E-state index in [1.807, 2.05) is 30.2 Å². The van der Waals surface area contributed by atoms with Gasteiger partial charge in [0, 0.05) is 31.9 Å². The van der Waals surface area contributed by atoms with Crippen molar-refractivity contribution in [2.24, 2.45) is 0 Å². The summed E-state index contributed by atoms with van der Waals surface area (Å²) in [4.78, 5) is 18.0. The number of amides is 1. The van der Waals surface area contributed by atoms with Crippen LogP contribution in [0.15, 0.2) is 24.5 Å². The van der Waals surface area contributed by atoms with Crippen LogP contribution in [0.3, 0.4) is 0 Å². The van der Waals surface area contributed by atoms with E-state index in [-0.39, 0.29) is 12.0 Å². The van der Waals surface area contributed by atoms with E-state index in [0.717, 1.165) is 25.9 Å². The van der Waals surface area contributed by atoms with Gasteiger partial charge in [-0.3, -0.25) is 9.78 Å². The van der Waals surface area contributed by atoms with Gasteiger partial charge in [-0.1, -0.05) is 6.07 Å². The highest BCUT2D eigenvalue weighted by molar-refractivity contribution is 5.76. The van der Waals surface area contributed by atoms with E-state index in [9.17, 15) is 4.79 Å². The summed E-state index contributed by atoms with van der Waals surface area (Å²) in [5, 5.41) is 0. The number of ether oxygens (including phenoxy) is 1. The summed E-state index contributed by atoms with van der Waals surface area (Å²) in [6.45, 7) is 4.13. The highest BCUT2D eigenvalue weighted by atomic mass is 16.5. The van der Waals surface area contributed by atoms with Crippen molar-refractivity contribution in [2.45, 2.75) is 32.3 Å². The molecule has 18 heavy (non-hydrogen) atoms. The van der Waals surface area contributed by atoms with Gasteiger partial charge in [-0.05, 0) is 31.4 Å². The van der Waals surface area contributed by atoms with Crippen molar-refractivity contribution >= 4 is 5.91 Å². The molecule has 1 atom stereocenters. The van der Waals surface area contributed by atoms with E-state index in [2.05, 4.69) is 4.98 Å². The van der Waals surface area contributed by atoms with Crippen LogP contribution in [0.2, 0.25) is 0 Å². The minimum atomic E-state index is 0.168. The van der Waals surface area contributed by atoms with Crippen molar-refractivity contribution in [3.8, 4) is 0 Å². The van der Waals surface area contributed by atoms with Gasteiger partial charge in [0.15, 0.2) is 0 Å². The maximum atomic E-state index is 12.0. The summed E-state index contributed by atoms with van der Waals surface area (Å²) < 4.78 is 5.43. The number of pyridine rings is 1. The minimum Gasteiger partial charge on any atom is -0.375 e. The van der Waals surface area contributed by atoms with Gasteiger partial charge in [0.25, 0.3) is 0 Å². The molecule has 0 N–H and O–H groups in total. The first-order chi connectivity index (χ1) is 8.75. The zero-order valence-electron chi connectivity index (χ0n) is 10.8. The third kappa shape index (κ3) is 3.81. The van der Waals surface area contributed by atoms with E-state index in [4.69, 9.17) is 4.74 Å². The molecule has 0 radical (unpaired) electrons. The fraction of sp³-hybridized carbons (Fsp3) is 0.571. The molecule has 1 aliphatic rings. The Hall–Kier alpha value is -1.42. The number of carbonyl (C=O) groups is 1. The first kappa shape index (κ1) is 13.0.